The van der Waals surface area contributed by atoms with Crippen molar-refractivity contribution in [2.24, 2.45) is 11.8 Å². The van der Waals surface area contributed by atoms with Gasteiger partial charge in [0.2, 0.25) is 0 Å². The van der Waals surface area contributed by atoms with Gasteiger partial charge >= 0.3 is 5.97 Å². The Hall–Kier alpha value is -1.20. The van der Waals surface area contributed by atoms with Crippen LogP contribution in [0.4, 0.5) is 0 Å². The summed E-state index contributed by atoms with van der Waals surface area (Å²) in [6.07, 6.45) is 1.14. The summed E-state index contributed by atoms with van der Waals surface area (Å²) < 4.78 is 5.10. The fraction of sp³-hybridized carbons (Fsp3) is 0.529. The highest BCUT2D eigenvalue weighted by Gasteiger charge is 2.25. The quantitative estimate of drug-likeness (QED) is 0.599. The fourth-order valence-corrected chi connectivity index (χ4v) is 3.64. The smallest absolute Gasteiger partial charge is 0.316 e. The number of hydrogen-bond acceptors (Lipinski definition) is 4. The van der Waals surface area contributed by atoms with E-state index in [4.69, 9.17) is 16.3 Å². The molecule has 0 bridgehead atoms. The lowest BCUT2D eigenvalue weighted by Gasteiger charge is -2.34. The number of benzene rings is 1. The van der Waals surface area contributed by atoms with Crippen LogP contribution in [0.3, 0.4) is 0 Å². The molecule has 23 heavy (non-hydrogen) atoms. The Balaban J connectivity index is 1.71. The van der Waals surface area contributed by atoms with Crippen LogP contribution < -0.4 is 0 Å². The maximum atomic E-state index is 12.1. The van der Waals surface area contributed by atoms with Crippen LogP contribution in [0.5, 0.6) is 0 Å². The third-order valence-corrected chi connectivity index (χ3v) is 4.99. The molecule has 0 aromatic heterocycles. The van der Waals surface area contributed by atoms with Gasteiger partial charge in [-0.2, -0.15) is 0 Å². The second kappa shape index (κ2) is 8.60. The third kappa shape index (κ3) is 6.07. The maximum Gasteiger partial charge on any atom is 0.316 e. The summed E-state index contributed by atoms with van der Waals surface area (Å²) in [7, 11) is 0. The molecule has 1 saturated heterocycles. The molecule has 4 nitrogen and oxygen atoms in total. The average molecular weight is 356 g/mol. The van der Waals surface area contributed by atoms with Crippen molar-refractivity contribution in [3.8, 4) is 0 Å². The number of nitrogens with zero attached hydrogens (tertiary/aromatic N) is 1. The normalized spacial score (nSPS) is 21.1. The maximum absolute atomic E-state index is 12.1. The van der Waals surface area contributed by atoms with E-state index in [1.165, 1.54) is 11.8 Å². The van der Waals surface area contributed by atoms with Crippen molar-refractivity contribution < 1.29 is 14.3 Å². The largest absolute Gasteiger partial charge is 0.455 e. The highest BCUT2D eigenvalue weighted by Crippen LogP contribution is 2.22. The highest BCUT2D eigenvalue weighted by molar-refractivity contribution is 8.00. The summed E-state index contributed by atoms with van der Waals surface area (Å²) in [5.41, 5.74) is 0. The number of piperidine rings is 1. The van der Waals surface area contributed by atoms with Gasteiger partial charge in [0, 0.05) is 23.0 Å². The van der Waals surface area contributed by atoms with Crippen molar-refractivity contribution in [1.82, 2.24) is 4.90 Å². The van der Waals surface area contributed by atoms with Crippen LogP contribution in [-0.4, -0.2) is 42.2 Å². The van der Waals surface area contributed by atoms with Crippen LogP contribution in [0.15, 0.2) is 29.2 Å². The molecule has 0 N–H and O–H groups in total. The Morgan fingerprint density at radius 1 is 1.22 bits per heavy atom. The molecule has 0 radical (unpaired) electrons. The summed E-state index contributed by atoms with van der Waals surface area (Å²) in [5.74, 6) is 0.698. The van der Waals surface area contributed by atoms with Gasteiger partial charge in [-0.05, 0) is 42.5 Å². The van der Waals surface area contributed by atoms with E-state index in [1.807, 2.05) is 12.1 Å². The molecule has 1 fully saturated rings. The summed E-state index contributed by atoms with van der Waals surface area (Å²) in [5, 5.41) is 0.660. The van der Waals surface area contributed by atoms with Crippen LogP contribution in [0.25, 0.3) is 0 Å². The summed E-state index contributed by atoms with van der Waals surface area (Å²) in [4.78, 5) is 26.6. The van der Waals surface area contributed by atoms with E-state index in [2.05, 4.69) is 13.8 Å². The van der Waals surface area contributed by atoms with Crippen LogP contribution in [-0.2, 0) is 14.3 Å². The zero-order valence-electron chi connectivity index (χ0n) is 13.5. The van der Waals surface area contributed by atoms with E-state index in [0.717, 1.165) is 24.4 Å². The van der Waals surface area contributed by atoms with Crippen LogP contribution in [0.2, 0.25) is 5.02 Å². The van der Waals surface area contributed by atoms with E-state index in [-0.39, 0.29) is 24.2 Å². The molecule has 1 aromatic rings. The molecule has 0 spiro atoms. The third-order valence-electron chi connectivity index (χ3n) is 3.75. The van der Waals surface area contributed by atoms with Crippen molar-refractivity contribution in [1.29, 1.82) is 0 Å². The van der Waals surface area contributed by atoms with Crippen molar-refractivity contribution in [2.75, 3.05) is 25.4 Å². The molecule has 0 saturated carbocycles. The lowest BCUT2D eigenvalue weighted by molar-refractivity contribution is -0.151. The van der Waals surface area contributed by atoms with Gasteiger partial charge in [-0.15, -0.1) is 11.8 Å². The van der Waals surface area contributed by atoms with Gasteiger partial charge in [-0.1, -0.05) is 25.4 Å². The van der Waals surface area contributed by atoms with E-state index in [0.29, 0.717) is 16.9 Å². The monoisotopic (exact) mass is 355 g/mol. The number of thioether (sulfide) groups is 1. The van der Waals surface area contributed by atoms with Crippen LogP contribution >= 0.6 is 23.4 Å². The Morgan fingerprint density at radius 3 is 2.43 bits per heavy atom. The van der Waals surface area contributed by atoms with Crippen molar-refractivity contribution in [2.45, 2.75) is 25.2 Å². The first kappa shape index (κ1) is 18.1. The molecule has 1 heterocycles. The molecule has 1 aliphatic heterocycles. The van der Waals surface area contributed by atoms with Crippen molar-refractivity contribution >= 4 is 35.2 Å². The highest BCUT2D eigenvalue weighted by atomic mass is 35.5. The number of ether oxygens (including phenoxy) is 1. The minimum atomic E-state index is -0.378. The number of carbonyl (C=O) groups is 2. The van der Waals surface area contributed by atoms with Gasteiger partial charge in [0.1, 0.15) is 0 Å². The molecule has 126 valence electrons. The first-order chi connectivity index (χ1) is 10.9. The fourth-order valence-electron chi connectivity index (χ4n) is 2.81. The molecular weight excluding hydrogens is 334 g/mol. The predicted octanol–water partition coefficient (Wildman–Crippen LogP) is 3.48. The second-order valence-electron chi connectivity index (χ2n) is 6.15. The first-order valence-electron chi connectivity index (χ1n) is 7.76. The number of rotatable bonds is 5. The summed E-state index contributed by atoms with van der Waals surface area (Å²) >= 11 is 7.18. The molecule has 2 rings (SSSR count). The Bertz CT molecular complexity index is 539. The average Bonchev–Trinajstić information content (AvgIpc) is 2.51. The van der Waals surface area contributed by atoms with E-state index >= 15 is 0 Å². The van der Waals surface area contributed by atoms with E-state index in [9.17, 15) is 9.59 Å². The standard InChI is InChI=1S/C17H22ClNO3S/c1-12-7-13(2)9-19(8-12)16(20)10-22-17(21)11-23-15-5-3-14(18)4-6-15/h3-6,12-13H,7-11H2,1-2H3. The number of carbonyl (C=O) groups excluding carboxylic acids is 2. The van der Waals surface area contributed by atoms with Crippen molar-refractivity contribution in [3.63, 3.8) is 0 Å². The summed E-state index contributed by atoms with van der Waals surface area (Å²) in [6, 6.07) is 7.25. The Kier molecular flexibility index (Phi) is 6.78. The Morgan fingerprint density at radius 2 is 1.83 bits per heavy atom. The second-order valence-corrected chi connectivity index (χ2v) is 7.63. The molecular formula is C17H22ClNO3S. The molecule has 6 heteroatoms. The zero-order chi connectivity index (χ0) is 16.8. The van der Waals surface area contributed by atoms with Crippen molar-refractivity contribution in [3.05, 3.63) is 29.3 Å². The molecule has 1 aliphatic rings. The van der Waals surface area contributed by atoms with E-state index < -0.39 is 0 Å². The molecule has 2 atom stereocenters. The van der Waals surface area contributed by atoms with Gasteiger partial charge < -0.3 is 9.64 Å². The molecule has 2 unspecified atom stereocenters. The minimum Gasteiger partial charge on any atom is -0.455 e. The van der Waals surface area contributed by atoms with Gasteiger partial charge in [-0.3, -0.25) is 9.59 Å². The number of hydrogen-bond donors (Lipinski definition) is 0. The molecule has 0 aliphatic carbocycles. The minimum absolute atomic E-state index is 0.103. The SMILES string of the molecule is CC1CC(C)CN(C(=O)COC(=O)CSc2ccc(Cl)cc2)C1. The zero-order valence-corrected chi connectivity index (χ0v) is 15.0. The van der Waals surface area contributed by atoms with Gasteiger partial charge in [0.25, 0.3) is 5.91 Å². The lowest BCUT2D eigenvalue weighted by Crippen LogP contribution is -2.44. The topological polar surface area (TPSA) is 46.6 Å². The van der Waals surface area contributed by atoms with Gasteiger partial charge in [0.15, 0.2) is 6.61 Å². The van der Waals surface area contributed by atoms with Crippen LogP contribution in [0, 0.1) is 11.8 Å². The van der Waals surface area contributed by atoms with E-state index in [1.54, 1.807) is 17.0 Å². The first-order valence-corrected chi connectivity index (χ1v) is 9.12. The number of amides is 1. The number of likely N-dealkylation sites (tertiary alicyclic amines) is 1. The Labute approximate surface area is 146 Å². The van der Waals surface area contributed by atoms with Crippen LogP contribution in [0.1, 0.15) is 20.3 Å². The summed E-state index contributed by atoms with van der Waals surface area (Å²) in [6.45, 7) is 5.62. The van der Waals surface area contributed by atoms with Gasteiger partial charge in [-0.25, -0.2) is 0 Å². The number of esters is 1. The molecule has 1 amide bonds. The predicted molar refractivity (Wildman–Crippen MR) is 92.7 cm³/mol. The lowest BCUT2D eigenvalue weighted by atomic mass is 9.92. The molecule has 1 aromatic carbocycles. The van der Waals surface area contributed by atoms with Gasteiger partial charge in [0.05, 0.1) is 5.75 Å². The number of halogens is 1.